The Kier molecular flexibility index (Phi) is 5.90. The summed E-state index contributed by atoms with van der Waals surface area (Å²) in [7, 11) is 0. The van der Waals surface area contributed by atoms with Crippen LogP contribution in [0, 0.1) is 5.82 Å². The summed E-state index contributed by atoms with van der Waals surface area (Å²) >= 11 is 0. The zero-order valence-electron chi connectivity index (χ0n) is 14.0. The van der Waals surface area contributed by atoms with E-state index in [9.17, 15) is 9.60 Å². The van der Waals surface area contributed by atoms with Crippen LogP contribution in [0.1, 0.15) is 16.7 Å². The van der Waals surface area contributed by atoms with Gasteiger partial charge in [-0.3, -0.25) is 15.7 Å². The highest BCUT2D eigenvalue weighted by Crippen LogP contribution is 2.18. The van der Waals surface area contributed by atoms with E-state index in [0.717, 1.165) is 5.56 Å². The highest BCUT2D eigenvalue weighted by atomic mass is 19.1. The molecule has 0 fully saturated rings. The maximum atomic E-state index is 13.7. The molecule has 0 unspecified atom stereocenters. The number of halogens is 1. The fraction of sp³-hybridized carbons (Fsp3) is 0.100. The second kappa shape index (κ2) is 8.73. The first kappa shape index (κ1) is 17.6. The largest absolute Gasteiger partial charge is 0.472 e. The van der Waals surface area contributed by atoms with Crippen molar-refractivity contribution in [2.75, 3.05) is 0 Å². The highest BCUT2D eigenvalue weighted by Gasteiger charge is 2.12. The van der Waals surface area contributed by atoms with Gasteiger partial charge in [-0.1, -0.05) is 48.5 Å². The molecule has 2 N–H and O–H groups in total. The molecule has 0 saturated carbocycles. The third kappa shape index (κ3) is 4.43. The van der Waals surface area contributed by atoms with Gasteiger partial charge < -0.3 is 4.74 Å². The van der Waals surface area contributed by atoms with Gasteiger partial charge in [0, 0.05) is 11.8 Å². The van der Waals surface area contributed by atoms with Crippen LogP contribution in [0.5, 0.6) is 5.88 Å². The second-order valence-electron chi connectivity index (χ2n) is 5.50. The Morgan fingerprint density at radius 3 is 2.58 bits per heavy atom. The van der Waals surface area contributed by atoms with E-state index in [2.05, 4.69) is 15.5 Å². The summed E-state index contributed by atoms with van der Waals surface area (Å²) in [6, 6.07) is 19.5. The first-order valence-corrected chi connectivity index (χ1v) is 8.08. The molecule has 3 aromatic rings. The zero-order chi connectivity index (χ0) is 18.2. The van der Waals surface area contributed by atoms with Crippen LogP contribution in [0.4, 0.5) is 4.39 Å². The molecule has 0 radical (unpaired) electrons. The molecule has 1 aromatic heterocycles. The van der Waals surface area contributed by atoms with E-state index >= 15 is 0 Å². The Bertz CT molecular complexity index is 885. The lowest BCUT2D eigenvalue weighted by Gasteiger charge is -2.12. The summed E-state index contributed by atoms with van der Waals surface area (Å²) in [4.78, 5) is 8.55. The highest BCUT2D eigenvalue weighted by molar-refractivity contribution is 5.99. The third-order valence-electron chi connectivity index (χ3n) is 3.72. The lowest BCUT2D eigenvalue weighted by Crippen LogP contribution is -2.22. The van der Waals surface area contributed by atoms with Crippen molar-refractivity contribution in [3.05, 3.63) is 95.4 Å². The maximum Gasteiger partial charge on any atom is 0.224 e. The smallest absolute Gasteiger partial charge is 0.224 e. The molecule has 3 rings (SSSR count). The molecule has 0 aliphatic rings. The number of hydrogen-bond acceptors (Lipinski definition) is 4. The van der Waals surface area contributed by atoms with Crippen LogP contribution in [0.2, 0.25) is 0 Å². The summed E-state index contributed by atoms with van der Waals surface area (Å²) in [5, 5.41) is 9.49. The van der Waals surface area contributed by atoms with Crippen LogP contribution >= 0.6 is 0 Å². The first-order chi connectivity index (χ1) is 12.8. The molecule has 0 aliphatic heterocycles. The lowest BCUT2D eigenvalue weighted by atomic mass is 10.2. The standard InChI is InChI=1S/C20H18FN3O2/c21-18-11-5-4-9-16(18)14-26-20-17(10-6-12-22-20)19(24-25)23-13-15-7-2-1-3-8-15/h1-12,25H,13-14H2,(H,23,24). The minimum Gasteiger partial charge on any atom is -0.472 e. The molecule has 0 aliphatic carbocycles. The van der Waals surface area contributed by atoms with E-state index in [1.54, 1.807) is 36.5 Å². The minimum absolute atomic E-state index is 0.0219. The Morgan fingerprint density at radius 1 is 1.04 bits per heavy atom. The number of aromatic nitrogens is 1. The van der Waals surface area contributed by atoms with E-state index in [1.807, 2.05) is 30.3 Å². The molecule has 0 saturated heterocycles. The molecule has 0 bridgehead atoms. The van der Waals surface area contributed by atoms with E-state index in [1.165, 1.54) is 6.07 Å². The van der Waals surface area contributed by atoms with Crippen molar-refractivity contribution >= 4 is 5.84 Å². The Morgan fingerprint density at radius 2 is 1.81 bits per heavy atom. The first-order valence-electron chi connectivity index (χ1n) is 8.08. The third-order valence-corrected chi connectivity index (χ3v) is 3.72. The molecule has 132 valence electrons. The molecule has 26 heavy (non-hydrogen) atoms. The summed E-state index contributed by atoms with van der Waals surface area (Å²) in [6.45, 7) is 0.402. The number of nitrogens with zero attached hydrogens (tertiary/aromatic N) is 2. The normalized spacial score (nSPS) is 11.2. The number of hydrogen-bond donors (Lipinski definition) is 2. The summed E-state index contributed by atoms with van der Waals surface area (Å²) in [6.07, 6.45) is 1.56. The van der Waals surface area contributed by atoms with Gasteiger partial charge in [-0.05, 0) is 23.8 Å². The van der Waals surface area contributed by atoms with Crippen LogP contribution in [-0.2, 0) is 13.2 Å². The van der Waals surface area contributed by atoms with E-state index in [-0.39, 0.29) is 24.1 Å². The van der Waals surface area contributed by atoms with Crippen LogP contribution in [-0.4, -0.2) is 16.0 Å². The molecular weight excluding hydrogens is 333 g/mol. The molecule has 0 atom stereocenters. The van der Waals surface area contributed by atoms with E-state index < -0.39 is 0 Å². The predicted molar refractivity (Wildman–Crippen MR) is 96.6 cm³/mol. The lowest BCUT2D eigenvalue weighted by molar-refractivity contribution is 0.233. The van der Waals surface area contributed by atoms with Gasteiger partial charge in [-0.2, -0.15) is 0 Å². The van der Waals surface area contributed by atoms with Gasteiger partial charge in [0.25, 0.3) is 0 Å². The molecule has 2 aromatic carbocycles. The summed E-state index contributed by atoms with van der Waals surface area (Å²) in [5.41, 5.74) is 4.00. The van der Waals surface area contributed by atoms with Crippen molar-refractivity contribution in [3.8, 4) is 5.88 Å². The van der Waals surface area contributed by atoms with Crippen LogP contribution in [0.25, 0.3) is 0 Å². The second-order valence-corrected chi connectivity index (χ2v) is 5.50. The average molecular weight is 351 g/mol. The molecule has 1 heterocycles. The topological polar surface area (TPSA) is 66.7 Å². The van der Waals surface area contributed by atoms with Gasteiger partial charge in [-0.15, -0.1) is 0 Å². The number of hydroxylamine groups is 1. The van der Waals surface area contributed by atoms with E-state index in [4.69, 9.17) is 4.74 Å². The van der Waals surface area contributed by atoms with Gasteiger partial charge in [-0.25, -0.2) is 9.37 Å². The van der Waals surface area contributed by atoms with Crippen molar-refractivity contribution in [1.82, 2.24) is 10.5 Å². The average Bonchev–Trinajstić information content (AvgIpc) is 2.69. The van der Waals surface area contributed by atoms with Crippen LogP contribution in [0.3, 0.4) is 0 Å². The number of nitrogens with one attached hydrogen (secondary N) is 1. The fourth-order valence-electron chi connectivity index (χ4n) is 2.38. The van der Waals surface area contributed by atoms with Crippen LogP contribution < -0.4 is 10.2 Å². The maximum absolute atomic E-state index is 13.7. The Hall–Kier alpha value is -3.25. The van der Waals surface area contributed by atoms with Gasteiger partial charge in [0.2, 0.25) is 5.88 Å². The van der Waals surface area contributed by atoms with Crippen molar-refractivity contribution in [1.29, 1.82) is 0 Å². The quantitative estimate of drug-likeness (QED) is 0.403. The number of pyridine rings is 1. The number of benzene rings is 2. The SMILES string of the molecule is ONC(=NCc1ccccc1)c1cccnc1OCc1ccccc1F. The zero-order valence-corrected chi connectivity index (χ0v) is 14.0. The van der Waals surface area contributed by atoms with Crippen molar-refractivity contribution in [2.45, 2.75) is 13.2 Å². The number of aliphatic imine (C=N–C) groups is 1. The van der Waals surface area contributed by atoms with Gasteiger partial charge in [0.15, 0.2) is 5.84 Å². The number of rotatable bonds is 6. The summed E-state index contributed by atoms with van der Waals surface area (Å²) in [5.74, 6) is 0.137. The van der Waals surface area contributed by atoms with Gasteiger partial charge in [0.05, 0.1) is 12.1 Å². The molecular formula is C20H18FN3O2. The monoisotopic (exact) mass is 351 g/mol. The van der Waals surface area contributed by atoms with Crippen LogP contribution in [0.15, 0.2) is 77.9 Å². The van der Waals surface area contributed by atoms with Gasteiger partial charge >= 0.3 is 0 Å². The summed E-state index contributed by atoms with van der Waals surface area (Å²) < 4.78 is 19.4. The van der Waals surface area contributed by atoms with Crippen molar-refractivity contribution < 1.29 is 14.3 Å². The molecule has 5 nitrogen and oxygen atoms in total. The predicted octanol–water partition coefficient (Wildman–Crippen LogP) is 3.73. The number of ether oxygens (including phenoxy) is 1. The molecule has 0 spiro atoms. The minimum atomic E-state index is -0.344. The fourth-order valence-corrected chi connectivity index (χ4v) is 2.38. The van der Waals surface area contributed by atoms with E-state index in [0.29, 0.717) is 17.7 Å². The molecule has 6 heteroatoms. The Labute approximate surface area is 150 Å². The molecule has 0 amide bonds. The Balaban J connectivity index is 1.79. The van der Waals surface area contributed by atoms with Gasteiger partial charge in [0.1, 0.15) is 12.4 Å². The van der Waals surface area contributed by atoms with Crippen molar-refractivity contribution in [3.63, 3.8) is 0 Å². The van der Waals surface area contributed by atoms with Crippen molar-refractivity contribution in [2.24, 2.45) is 4.99 Å². The number of amidine groups is 1.